The number of rotatable bonds is 6. The van der Waals surface area contributed by atoms with Crippen molar-refractivity contribution in [1.29, 1.82) is 0 Å². The van der Waals surface area contributed by atoms with Crippen LogP contribution in [-0.2, 0) is 11.3 Å². The number of amides is 2. The van der Waals surface area contributed by atoms with Gasteiger partial charge in [-0.15, -0.1) is 0 Å². The second-order valence-corrected chi connectivity index (χ2v) is 7.80. The van der Waals surface area contributed by atoms with Crippen molar-refractivity contribution in [3.8, 4) is 5.75 Å². The Bertz CT molecular complexity index is 1040. The van der Waals surface area contributed by atoms with Crippen LogP contribution in [0.5, 0.6) is 5.75 Å². The first-order valence-electron chi connectivity index (χ1n) is 10.6. The van der Waals surface area contributed by atoms with Gasteiger partial charge in [0.05, 0.1) is 13.2 Å². The highest BCUT2D eigenvalue weighted by Crippen LogP contribution is 2.18. The third-order valence-corrected chi connectivity index (χ3v) is 5.93. The number of H-pyrrole nitrogens is 1. The van der Waals surface area contributed by atoms with E-state index in [-0.39, 0.29) is 17.9 Å². The summed E-state index contributed by atoms with van der Waals surface area (Å²) < 4.78 is 5.34. The molecule has 2 N–H and O–H groups in total. The molecule has 2 heterocycles. The van der Waals surface area contributed by atoms with Crippen molar-refractivity contribution in [2.75, 3.05) is 33.3 Å². The molecule has 0 bridgehead atoms. The Labute approximate surface area is 182 Å². The van der Waals surface area contributed by atoms with E-state index in [2.05, 4.69) is 15.2 Å². The van der Waals surface area contributed by atoms with E-state index in [4.69, 9.17) is 4.74 Å². The normalized spacial score (nSPS) is 15.6. The Morgan fingerprint density at radius 3 is 2.52 bits per heavy atom. The van der Waals surface area contributed by atoms with Gasteiger partial charge in [-0.3, -0.25) is 14.5 Å². The second-order valence-electron chi connectivity index (χ2n) is 7.80. The average Bonchev–Trinajstić information content (AvgIpc) is 3.26. The van der Waals surface area contributed by atoms with E-state index in [1.807, 2.05) is 66.4 Å². The van der Waals surface area contributed by atoms with Crippen LogP contribution in [0.3, 0.4) is 0 Å². The van der Waals surface area contributed by atoms with E-state index in [1.165, 1.54) is 0 Å². The summed E-state index contributed by atoms with van der Waals surface area (Å²) in [5.74, 6) is 0.741. The number of piperazine rings is 1. The molecule has 162 valence electrons. The summed E-state index contributed by atoms with van der Waals surface area (Å²) >= 11 is 0. The molecule has 1 saturated heterocycles. The summed E-state index contributed by atoms with van der Waals surface area (Å²) in [6, 6.07) is 17.2. The van der Waals surface area contributed by atoms with Crippen LogP contribution in [-0.4, -0.2) is 65.9 Å². The number of para-hydroxylation sites is 2. The summed E-state index contributed by atoms with van der Waals surface area (Å²) in [5, 5.41) is 4.03. The molecule has 7 heteroatoms. The molecule has 1 atom stereocenters. The van der Waals surface area contributed by atoms with Gasteiger partial charge in [-0.2, -0.15) is 0 Å². The summed E-state index contributed by atoms with van der Waals surface area (Å²) in [6.07, 6.45) is 0. The maximum Gasteiger partial charge on any atom is 0.270 e. The number of hydrogen-bond acceptors (Lipinski definition) is 4. The Balaban J connectivity index is 1.30. The van der Waals surface area contributed by atoms with Gasteiger partial charge in [-0.25, -0.2) is 0 Å². The second kappa shape index (κ2) is 9.22. The molecule has 2 aromatic carbocycles. The van der Waals surface area contributed by atoms with Gasteiger partial charge in [0.15, 0.2) is 0 Å². The molecule has 1 unspecified atom stereocenters. The number of ether oxygens (including phenoxy) is 1. The molecule has 7 nitrogen and oxygen atoms in total. The minimum absolute atomic E-state index is 0.00382. The highest BCUT2D eigenvalue weighted by atomic mass is 16.5. The number of carbonyl (C=O) groups excluding carboxylic acids is 2. The molecule has 0 saturated carbocycles. The van der Waals surface area contributed by atoms with E-state index in [1.54, 1.807) is 7.11 Å². The first-order chi connectivity index (χ1) is 15.1. The maximum absolute atomic E-state index is 12.9. The number of benzene rings is 2. The molecule has 2 amide bonds. The number of fused-ring (bicyclic) bond motifs is 1. The topological polar surface area (TPSA) is 77.7 Å². The van der Waals surface area contributed by atoms with Crippen LogP contribution in [0.1, 0.15) is 23.0 Å². The Morgan fingerprint density at radius 2 is 1.77 bits per heavy atom. The van der Waals surface area contributed by atoms with Gasteiger partial charge in [-0.05, 0) is 25.1 Å². The quantitative estimate of drug-likeness (QED) is 0.643. The van der Waals surface area contributed by atoms with Gasteiger partial charge in [0.25, 0.3) is 5.91 Å². The van der Waals surface area contributed by atoms with Gasteiger partial charge in [0.2, 0.25) is 5.91 Å². The van der Waals surface area contributed by atoms with Crippen LogP contribution in [0.25, 0.3) is 10.9 Å². The van der Waals surface area contributed by atoms with Gasteiger partial charge in [0, 0.05) is 49.2 Å². The van der Waals surface area contributed by atoms with Crippen molar-refractivity contribution in [2.45, 2.75) is 19.5 Å². The van der Waals surface area contributed by atoms with Crippen molar-refractivity contribution < 1.29 is 14.3 Å². The predicted molar refractivity (Wildman–Crippen MR) is 120 cm³/mol. The fraction of sp³-hybridized carbons (Fsp3) is 0.333. The molecule has 0 spiro atoms. The lowest BCUT2D eigenvalue weighted by molar-refractivity contribution is -0.126. The Morgan fingerprint density at radius 1 is 1.06 bits per heavy atom. The van der Waals surface area contributed by atoms with Crippen molar-refractivity contribution in [1.82, 2.24) is 20.1 Å². The SMILES string of the molecule is COc1ccccc1CNC(=O)C(C)N1CCN(C(=O)c2cc3ccccc3[nH]2)CC1. The monoisotopic (exact) mass is 420 g/mol. The number of nitrogens with zero attached hydrogens (tertiary/aromatic N) is 2. The number of methoxy groups -OCH3 is 1. The summed E-state index contributed by atoms with van der Waals surface area (Å²) in [4.78, 5) is 32.7. The third-order valence-electron chi connectivity index (χ3n) is 5.93. The van der Waals surface area contributed by atoms with E-state index in [0.29, 0.717) is 38.4 Å². The van der Waals surface area contributed by atoms with Gasteiger partial charge in [-0.1, -0.05) is 36.4 Å². The van der Waals surface area contributed by atoms with Crippen LogP contribution >= 0.6 is 0 Å². The molecular weight excluding hydrogens is 392 g/mol. The zero-order valence-electron chi connectivity index (χ0n) is 17.9. The lowest BCUT2D eigenvalue weighted by atomic mass is 10.1. The van der Waals surface area contributed by atoms with Crippen molar-refractivity contribution in [3.05, 3.63) is 65.9 Å². The van der Waals surface area contributed by atoms with Crippen LogP contribution < -0.4 is 10.1 Å². The molecule has 1 aliphatic rings. The molecule has 1 aliphatic heterocycles. The van der Waals surface area contributed by atoms with E-state index >= 15 is 0 Å². The molecule has 1 aromatic heterocycles. The fourth-order valence-corrected chi connectivity index (χ4v) is 4.02. The van der Waals surface area contributed by atoms with Crippen LogP contribution in [0.15, 0.2) is 54.6 Å². The van der Waals surface area contributed by atoms with E-state index < -0.39 is 0 Å². The minimum Gasteiger partial charge on any atom is -0.496 e. The first kappa shape index (κ1) is 20.9. The summed E-state index contributed by atoms with van der Waals surface area (Å²) in [7, 11) is 1.62. The number of carbonyl (C=O) groups is 2. The zero-order chi connectivity index (χ0) is 21.8. The Kier molecular flexibility index (Phi) is 6.23. The first-order valence-corrected chi connectivity index (χ1v) is 10.6. The zero-order valence-corrected chi connectivity index (χ0v) is 17.9. The Hall–Kier alpha value is -3.32. The molecule has 4 rings (SSSR count). The van der Waals surface area contributed by atoms with Crippen molar-refractivity contribution in [3.63, 3.8) is 0 Å². The highest BCUT2D eigenvalue weighted by molar-refractivity contribution is 5.98. The maximum atomic E-state index is 12.9. The lowest BCUT2D eigenvalue weighted by Gasteiger charge is -2.37. The smallest absolute Gasteiger partial charge is 0.270 e. The molecule has 3 aromatic rings. The number of aromatic nitrogens is 1. The third kappa shape index (κ3) is 4.56. The minimum atomic E-state index is -0.264. The number of aromatic amines is 1. The molecule has 0 radical (unpaired) electrons. The molecule has 1 fully saturated rings. The predicted octanol–water partition coefficient (Wildman–Crippen LogP) is 2.64. The standard InChI is InChI=1S/C24H28N4O3/c1-17(23(29)25-16-19-8-4-6-10-22(19)31-2)27-11-13-28(14-12-27)24(30)21-15-18-7-3-5-9-20(18)26-21/h3-10,15,17,26H,11-14,16H2,1-2H3,(H,25,29). The van der Waals surface area contributed by atoms with Gasteiger partial charge < -0.3 is 19.9 Å². The van der Waals surface area contributed by atoms with Crippen molar-refractivity contribution in [2.24, 2.45) is 0 Å². The molecule has 31 heavy (non-hydrogen) atoms. The summed E-state index contributed by atoms with van der Waals surface area (Å²) in [6.45, 7) is 4.85. The van der Waals surface area contributed by atoms with Crippen LogP contribution in [0.4, 0.5) is 0 Å². The molecule has 0 aliphatic carbocycles. The largest absolute Gasteiger partial charge is 0.496 e. The number of hydrogen-bond donors (Lipinski definition) is 2. The fourth-order valence-electron chi connectivity index (χ4n) is 4.02. The lowest BCUT2D eigenvalue weighted by Crippen LogP contribution is -2.54. The summed E-state index contributed by atoms with van der Waals surface area (Å²) in [5.41, 5.74) is 2.52. The molecular formula is C24H28N4O3. The van der Waals surface area contributed by atoms with E-state index in [0.717, 1.165) is 22.2 Å². The van der Waals surface area contributed by atoms with Crippen molar-refractivity contribution >= 4 is 22.7 Å². The highest BCUT2D eigenvalue weighted by Gasteiger charge is 2.28. The van der Waals surface area contributed by atoms with E-state index in [9.17, 15) is 9.59 Å². The average molecular weight is 421 g/mol. The van der Waals surface area contributed by atoms with Gasteiger partial charge in [0.1, 0.15) is 11.4 Å². The number of nitrogens with one attached hydrogen (secondary N) is 2. The van der Waals surface area contributed by atoms with Crippen LogP contribution in [0.2, 0.25) is 0 Å². The van der Waals surface area contributed by atoms with Crippen LogP contribution in [0, 0.1) is 0 Å². The van der Waals surface area contributed by atoms with Gasteiger partial charge >= 0.3 is 0 Å².